The molecule has 6 nitrogen and oxygen atoms in total. The number of benzene rings is 2. The van der Waals surface area contributed by atoms with Gasteiger partial charge in [-0.05, 0) is 36.2 Å². The molecule has 146 valence electrons. The second-order valence-electron chi connectivity index (χ2n) is 6.94. The Morgan fingerprint density at radius 1 is 0.893 bits per heavy atom. The molecule has 28 heavy (non-hydrogen) atoms. The molecule has 0 bridgehead atoms. The van der Waals surface area contributed by atoms with Crippen molar-refractivity contribution < 1.29 is 12.8 Å². The van der Waals surface area contributed by atoms with Crippen molar-refractivity contribution in [2.45, 2.75) is 11.3 Å². The van der Waals surface area contributed by atoms with Crippen LogP contribution in [-0.4, -0.2) is 50.3 Å². The quantitative estimate of drug-likeness (QED) is 0.617. The van der Waals surface area contributed by atoms with E-state index in [0.29, 0.717) is 37.1 Å². The third-order valence-electron chi connectivity index (χ3n) is 5.12. The van der Waals surface area contributed by atoms with Crippen molar-refractivity contribution in [3.8, 4) is 0 Å². The topological polar surface area (TPSA) is 70.8 Å². The number of rotatable bonds is 5. The van der Waals surface area contributed by atoms with Crippen molar-refractivity contribution in [2.75, 3.05) is 32.7 Å². The normalized spacial score (nSPS) is 16.4. The molecule has 2 heterocycles. The van der Waals surface area contributed by atoms with Crippen LogP contribution in [0.2, 0.25) is 0 Å². The maximum atomic E-state index is 13.0. The van der Waals surface area contributed by atoms with Crippen LogP contribution in [0.5, 0.6) is 0 Å². The Kier molecular flexibility index (Phi) is 5.30. The summed E-state index contributed by atoms with van der Waals surface area (Å²) in [6, 6.07) is 17.8. The minimum atomic E-state index is -3.57. The molecule has 1 aliphatic rings. The summed E-state index contributed by atoms with van der Waals surface area (Å²) in [5, 5.41) is 0.599. The predicted molar refractivity (Wildman–Crippen MR) is 108 cm³/mol. The molecule has 0 saturated carbocycles. The first-order valence-corrected chi connectivity index (χ1v) is 10.8. The maximum Gasteiger partial charge on any atom is 0.336 e. The van der Waals surface area contributed by atoms with E-state index < -0.39 is 15.6 Å². The zero-order chi connectivity index (χ0) is 19.6. The number of hydrogen-bond donors (Lipinski definition) is 0. The number of piperazine rings is 1. The molecule has 7 heteroatoms. The van der Waals surface area contributed by atoms with Crippen molar-refractivity contribution in [1.82, 2.24) is 9.21 Å². The fourth-order valence-electron chi connectivity index (χ4n) is 3.48. The third-order valence-corrected chi connectivity index (χ3v) is 7.01. The van der Waals surface area contributed by atoms with Gasteiger partial charge in [0.05, 0.1) is 4.90 Å². The van der Waals surface area contributed by atoms with Crippen molar-refractivity contribution in [3.05, 3.63) is 76.6 Å². The average Bonchev–Trinajstić information content (AvgIpc) is 2.73. The van der Waals surface area contributed by atoms with E-state index in [1.807, 2.05) is 18.2 Å². The van der Waals surface area contributed by atoms with E-state index in [-0.39, 0.29) is 4.90 Å². The fourth-order valence-corrected chi connectivity index (χ4v) is 4.94. The standard InChI is InChI=1S/C21H22N2O4S/c24-21-9-6-18-16-19(7-8-20(18)27-21)28(25,26)23-14-12-22(13-15-23)11-10-17-4-2-1-3-5-17/h1-9,16H,10-15H2. The van der Waals surface area contributed by atoms with Crippen molar-refractivity contribution in [3.63, 3.8) is 0 Å². The summed E-state index contributed by atoms with van der Waals surface area (Å²) in [6.07, 6.45) is 0.962. The van der Waals surface area contributed by atoms with E-state index in [2.05, 4.69) is 17.0 Å². The van der Waals surface area contributed by atoms with Crippen molar-refractivity contribution >= 4 is 21.0 Å². The van der Waals surface area contributed by atoms with E-state index >= 15 is 0 Å². The molecule has 1 saturated heterocycles. The zero-order valence-corrected chi connectivity index (χ0v) is 16.3. The summed E-state index contributed by atoms with van der Waals surface area (Å²) in [7, 11) is -3.57. The van der Waals surface area contributed by atoms with Gasteiger partial charge < -0.3 is 9.32 Å². The SMILES string of the molecule is O=c1ccc2cc(S(=O)(=O)N3CCN(CCc4ccccc4)CC3)ccc2o1. The second-order valence-corrected chi connectivity index (χ2v) is 8.87. The van der Waals surface area contributed by atoms with Gasteiger partial charge in [0.15, 0.2) is 0 Å². The van der Waals surface area contributed by atoms with Crippen LogP contribution in [0.3, 0.4) is 0 Å². The van der Waals surface area contributed by atoms with Gasteiger partial charge in [0.25, 0.3) is 0 Å². The first kappa shape index (κ1) is 18.9. The van der Waals surface area contributed by atoms with Crippen LogP contribution in [0.1, 0.15) is 5.56 Å². The van der Waals surface area contributed by atoms with Crippen LogP contribution in [0, 0.1) is 0 Å². The highest BCUT2D eigenvalue weighted by molar-refractivity contribution is 7.89. The minimum absolute atomic E-state index is 0.228. The Bertz CT molecular complexity index is 1120. The number of hydrogen-bond acceptors (Lipinski definition) is 5. The summed E-state index contributed by atoms with van der Waals surface area (Å²) in [6.45, 7) is 3.30. The molecular formula is C21H22N2O4S. The highest BCUT2D eigenvalue weighted by Gasteiger charge is 2.28. The first-order valence-electron chi connectivity index (χ1n) is 9.33. The lowest BCUT2D eigenvalue weighted by Gasteiger charge is -2.34. The smallest absolute Gasteiger partial charge is 0.336 e. The number of fused-ring (bicyclic) bond motifs is 1. The molecule has 0 N–H and O–H groups in total. The molecule has 1 fully saturated rings. The Hall–Kier alpha value is -2.48. The van der Waals surface area contributed by atoms with Gasteiger partial charge >= 0.3 is 5.63 Å². The van der Waals surface area contributed by atoms with Gasteiger partial charge in [-0.3, -0.25) is 0 Å². The van der Waals surface area contributed by atoms with Crippen molar-refractivity contribution in [1.29, 1.82) is 0 Å². The lowest BCUT2D eigenvalue weighted by Crippen LogP contribution is -2.48. The zero-order valence-electron chi connectivity index (χ0n) is 15.5. The van der Waals surface area contributed by atoms with Gasteiger partial charge in [0.2, 0.25) is 10.0 Å². The van der Waals surface area contributed by atoms with Gasteiger partial charge in [-0.1, -0.05) is 30.3 Å². The van der Waals surface area contributed by atoms with Crippen molar-refractivity contribution in [2.24, 2.45) is 0 Å². The lowest BCUT2D eigenvalue weighted by atomic mass is 10.1. The molecule has 3 aromatic rings. The third kappa shape index (κ3) is 4.01. The highest BCUT2D eigenvalue weighted by Crippen LogP contribution is 2.22. The summed E-state index contributed by atoms with van der Waals surface area (Å²) >= 11 is 0. The van der Waals surface area contributed by atoms with Crippen LogP contribution in [0.4, 0.5) is 0 Å². The molecule has 0 aliphatic carbocycles. The van der Waals surface area contributed by atoms with E-state index in [4.69, 9.17) is 4.42 Å². The molecule has 0 amide bonds. The van der Waals surface area contributed by atoms with Crippen LogP contribution >= 0.6 is 0 Å². The van der Waals surface area contributed by atoms with Gasteiger partial charge in [0, 0.05) is 44.2 Å². The Balaban J connectivity index is 1.42. The predicted octanol–water partition coefficient (Wildman–Crippen LogP) is 2.34. The summed E-state index contributed by atoms with van der Waals surface area (Å²) in [5.41, 5.74) is 1.23. The first-order chi connectivity index (χ1) is 13.5. The largest absolute Gasteiger partial charge is 0.423 e. The van der Waals surface area contributed by atoms with Gasteiger partial charge in [-0.15, -0.1) is 0 Å². The molecule has 0 atom stereocenters. The van der Waals surface area contributed by atoms with Crippen LogP contribution in [0.25, 0.3) is 11.0 Å². The molecule has 2 aromatic carbocycles. The van der Waals surface area contributed by atoms with E-state index in [0.717, 1.165) is 13.0 Å². The average molecular weight is 398 g/mol. The number of sulfonamides is 1. The Morgan fingerprint density at radius 3 is 2.39 bits per heavy atom. The highest BCUT2D eigenvalue weighted by atomic mass is 32.2. The van der Waals surface area contributed by atoms with E-state index in [9.17, 15) is 13.2 Å². The summed E-state index contributed by atoms with van der Waals surface area (Å²) in [5.74, 6) is 0. The summed E-state index contributed by atoms with van der Waals surface area (Å²) < 4.78 is 32.6. The Morgan fingerprint density at radius 2 is 1.64 bits per heavy atom. The molecule has 0 unspecified atom stereocenters. The second kappa shape index (κ2) is 7.87. The van der Waals surface area contributed by atoms with Gasteiger partial charge in [-0.25, -0.2) is 13.2 Å². The van der Waals surface area contributed by atoms with Crippen LogP contribution in [-0.2, 0) is 16.4 Å². The summed E-state index contributed by atoms with van der Waals surface area (Å²) in [4.78, 5) is 13.8. The van der Waals surface area contributed by atoms with E-state index in [1.54, 1.807) is 18.2 Å². The van der Waals surface area contributed by atoms with Gasteiger partial charge in [0.1, 0.15) is 5.58 Å². The molecule has 0 radical (unpaired) electrons. The van der Waals surface area contributed by atoms with E-state index in [1.165, 1.54) is 22.0 Å². The molecule has 4 rings (SSSR count). The molecule has 0 spiro atoms. The minimum Gasteiger partial charge on any atom is -0.423 e. The Labute approximate surface area is 164 Å². The molecule has 1 aliphatic heterocycles. The van der Waals surface area contributed by atoms with Crippen LogP contribution < -0.4 is 5.63 Å². The lowest BCUT2D eigenvalue weighted by molar-refractivity contribution is 0.190. The monoisotopic (exact) mass is 398 g/mol. The molecule has 1 aromatic heterocycles. The van der Waals surface area contributed by atoms with Crippen LogP contribution in [0.15, 0.2) is 74.8 Å². The molecular weight excluding hydrogens is 376 g/mol. The fraction of sp³-hybridized carbons (Fsp3) is 0.286. The maximum absolute atomic E-state index is 13.0. The number of nitrogens with zero attached hydrogens (tertiary/aromatic N) is 2. The van der Waals surface area contributed by atoms with Gasteiger partial charge in [-0.2, -0.15) is 4.31 Å².